The molecule has 0 radical (unpaired) electrons. The zero-order chi connectivity index (χ0) is 18.6. The van der Waals surface area contributed by atoms with Gasteiger partial charge < -0.3 is 9.22 Å². The molecule has 0 heterocycles. The Balaban J connectivity index is 2.34. The lowest BCUT2D eigenvalue weighted by Crippen LogP contribution is -2.56. The second kappa shape index (κ2) is 5.71. The maximum Gasteiger partial charge on any atom is 0.192 e. The Bertz CT molecular complexity index is 551. The average molecular weight is 349 g/mol. The average Bonchev–Trinajstić information content (AvgIpc) is 2.75. The van der Waals surface area contributed by atoms with Crippen molar-refractivity contribution in [2.45, 2.75) is 91.5 Å². The van der Waals surface area contributed by atoms with E-state index < -0.39 is 13.7 Å². The van der Waals surface area contributed by atoms with Crippen molar-refractivity contribution in [3.05, 3.63) is 0 Å². The van der Waals surface area contributed by atoms with Gasteiger partial charge in [-0.1, -0.05) is 47.5 Å². The minimum Gasteiger partial charge on any atom is -0.413 e. The molecule has 0 aromatic carbocycles. The van der Waals surface area contributed by atoms with E-state index in [0.29, 0.717) is 5.92 Å². The van der Waals surface area contributed by atoms with Crippen LogP contribution in [0.2, 0.25) is 18.1 Å². The van der Waals surface area contributed by atoms with E-state index in [0.717, 1.165) is 32.0 Å². The number of aldehydes is 1. The van der Waals surface area contributed by atoms with Gasteiger partial charge in [0.15, 0.2) is 8.32 Å². The molecule has 0 bridgehead atoms. The Labute approximate surface area is 150 Å². The lowest BCUT2D eigenvalue weighted by atomic mass is 9.51. The molecule has 0 N–H and O–H groups in total. The summed E-state index contributed by atoms with van der Waals surface area (Å²) in [4.78, 5) is 11.9. The molecule has 2 aliphatic rings. The molecule has 2 rings (SSSR count). The Kier molecular flexibility index (Phi) is 4.69. The predicted octanol–water partition coefficient (Wildman–Crippen LogP) is 5.43. The van der Waals surface area contributed by atoms with Gasteiger partial charge in [0.05, 0.1) is 11.5 Å². The molecule has 0 aromatic rings. The van der Waals surface area contributed by atoms with Crippen molar-refractivity contribution in [2.24, 2.45) is 22.2 Å². The second-order valence-electron chi connectivity index (χ2n) is 10.5. The van der Waals surface area contributed by atoms with Crippen LogP contribution in [0.25, 0.3) is 0 Å². The summed E-state index contributed by atoms with van der Waals surface area (Å²) in [6.45, 7) is 18.5. The van der Waals surface area contributed by atoms with E-state index in [9.17, 15) is 4.79 Å². The van der Waals surface area contributed by atoms with Gasteiger partial charge in [-0.15, -0.1) is 6.42 Å². The van der Waals surface area contributed by atoms with Crippen LogP contribution in [-0.4, -0.2) is 20.7 Å². The molecular weight excluding hydrogens is 312 g/mol. The zero-order valence-electron chi connectivity index (χ0n) is 17.0. The van der Waals surface area contributed by atoms with Crippen LogP contribution in [0.5, 0.6) is 0 Å². The third kappa shape index (κ3) is 2.61. The molecule has 24 heavy (non-hydrogen) atoms. The fraction of sp³-hybridized carbons (Fsp3) is 0.857. The van der Waals surface area contributed by atoms with E-state index in [1.165, 1.54) is 0 Å². The standard InChI is InChI=1S/C21H36O2Si/c1-10-21(15-22)14-11-16-19(5,6)17(12-13-20(16,21)7)23-24(8,9)18(2,3)4/h1,15-17H,11-14H2,2-9H3/t16-,17-,20-,21-/m0/s1. The molecule has 2 nitrogen and oxygen atoms in total. The van der Waals surface area contributed by atoms with E-state index >= 15 is 0 Å². The Morgan fingerprint density at radius 1 is 1.17 bits per heavy atom. The number of rotatable bonds is 3. The first-order chi connectivity index (χ1) is 10.8. The molecule has 3 heteroatoms. The van der Waals surface area contributed by atoms with Crippen molar-refractivity contribution >= 4 is 14.6 Å². The fourth-order valence-corrected chi connectivity index (χ4v) is 6.60. The summed E-state index contributed by atoms with van der Waals surface area (Å²) < 4.78 is 6.85. The Morgan fingerprint density at radius 2 is 1.75 bits per heavy atom. The van der Waals surface area contributed by atoms with Gasteiger partial charge in [0, 0.05) is 0 Å². The van der Waals surface area contributed by atoms with Crippen molar-refractivity contribution in [3.63, 3.8) is 0 Å². The first kappa shape index (κ1) is 19.7. The van der Waals surface area contributed by atoms with Crippen LogP contribution in [0.15, 0.2) is 0 Å². The summed E-state index contributed by atoms with van der Waals surface area (Å²) in [6, 6.07) is 0. The maximum absolute atomic E-state index is 11.9. The summed E-state index contributed by atoms with van der Waals surface area (Å²) >= 11 is 0. The topological polar surface area (TPSA) is 26.3 Å². The molecule has 2 saturated carbocycles. The van der Waals surface area contributed by atoms with Crippen molar-refractivity contribution in [3.8, 4) is 12.3 Å². The number of fused-ring (bicyclic) bond motifs is 1. The van der Waals surface area contributed by atoms with Crippen molar-refractivity contribution < 1.29 is 9.22 Å². The molecule has 0 unspecified atom stereocenters. The zero-order valence-corrected chi connectivity index (χ0v) is 18.0. The van der Waals surface area contributed by atoms with Gasteiger partial charge in [-0.3, -0.25) is 0 Å². The van der Waals surface area contributed by atoms with E-state index in [1.54, 1.807) is 0 Å². The van der Waals surface area contributed by atoms with Crippen molar-refractivity contribution in [1.29, 1.82) is 0 Å². The molecule has 0 spiro atoms. The molecule has 0 saturated heterocycles. The van der Waals surface area contributed by atoms with Crippen molar-refractivity contribution in [2.75, 3.05) is 0 Å². The summed E-state index contributed by atoms with van der Waals surface area (Å²) in [5.74, 6) is 3.33. The normalized spacial score (nSPS) is 39.1. The summed E-state index contributed by atoms with van der Waals surface area (Å²) in [5, 5.41) is 0.213. The lowest BCUT2D eigenvalue weighted by molar-refractivity contribution is -0.128. The molecule has 0 aliphatic heterocycles. The third-order valence-electron chi connectivity index (χ3n) is 7.97. The Hall–Kier alpha value is -0.593. The van der Waals surface area contributed by atoms with E-state index in [2.05, 4.69) is 60.6 Å². The first-order valence-corrected chi connectivity index (χ1v) is 12.3. The van der Waals surface area contributed by atoms with Gasteiger partial charge >= 0.3 is 0 Å². The van der Waals surface area contributed by atoms with Crippen LogP contribution < -0.4 is 0 Å². The SMILES string of the molecule is C#C[C@@]1(C=O)CC[C@H]2C(C)(C)[C@@H](O[Si](C)(C)C(C)(C)C)CC[C@@]21C. The van der Waals surface area contributed by atoms with Gasteiger partial charge in [-0.2, -0.15) is 0 Å². The number of terminal acetylenes is 1. The minimum absolute atomic E-state index is 0.0458. The second-order valence-corrected chi connectivity index (χ2v) is 15.2. The predicted molar refractivity (Wildman–Crippen MR) is 103 cm³/mol. The highest BCUT2D eigenvalue weighted by Gasteiger charge is 2.64. The van der Waals surface area contributed by atoms with Gasteiger partial charge in [0.25, 0.3) is 0 Å². The van der Waals surface area contributed by atoms with E-state index in [4.69, 9.17) is 10.8 Å². The minimum atomic E-state index is -1.81. The highest BCUT2D eigenvalue weighted by Crippen LogP contribution is 2.66. The molecule has 0 aromatic heterocycles. The van der Waals surface area contributed by atoms with Gasteiger partial charge in [-0.25, -0.2) is 0 Å². The first-order valence-electron chi connectivity index (χ1n) is 9.39. The summed E-state index contributed by atoms with van der Waals surface area (Å²) in [7, 11) is -1.81. The van der Waals surface area contributed by atoms with Crippen LogP contribution >= 0.6 is 0 Å². The molecule has 0 amide bonds. The molecular formula is C21H36O2Si. The quantitative estimate of drug-likeness (QED) is 0.386. The number of hydrogen-bond acceptors (Lipinski definition) is 2. The van der Waals surface area contributed by atoms with Crippen LogP contribution in [-0.2, 0) is 9.22 Å². The summed E-state index contributed by atoms with van der Waals surface area (Å²) in [6.07, 6.45) is 11.0. The van der Waals surface area contributed by atoms with Crippen LogP contribution in [0, 0.1) is 34.5 Å². The van der Waals surface area contributed by atoms with E-state index in [-0.39, 0.29) is 22.0 Å². The van der Waals surface area contributed by atoms with Gasteiger partial charge in [-0.05, 0) is 60.6 Å². The molecule has 2 fully saturated rings. The Morgan fingerprint density at radius 3 is 2.21 bits per heavy atom. The van der Waals surface area contributed by atoms with Gasteiger partial charge in [0.2, 0.25) is 0 Å². The lowest BCUT2D eigenvalue weighted by Gasteiger charge is -2.56. The van der Waals surface area contributed by atoms with Crippen molar-refractivity contribution in [1.82, 2.24) is 0 Å². The van der Waals surface area contributed by atoms with E-state index in [1.807, 2.05) is 0 Å². The van der Waals surface area contributed by atoms with Crippen LogP contribution in [0.1, 0.15) is 67.2 Å². The van der Waals surface area contributed by atoms with Crippen LogP contribution in [0.4, 0.5) is 0 Å². The van der Waals surface area contributed by atoms with Crippen LogP contribution in [0.3, 0.4) is 0 Å². The molecule has 4 atom stereocenters. The highest BCUT2D eigenvalue weighted by molar-refractivity contribution is 6.74. The smallest absolute Gasteiger partial charge is 0.192 e. The third-order valence-corrected chi connectivity index (χ3v) is 12.5. The number of hydrogen-bond donors (Lipinski definition) is 0. The molecule has 136 valence electrons. The largest absolute Gasteiger partial charge is 0.413 e. The van der Waals surface area contributed by atoms with Gasteiger partial charge in [0.1, 0.15) is 6.29 Å². The monoisotopic (exact) mass is 348 g/mol. The number of carbonyl (C=O) groups excluding carboxylic acids is 1. The number of carbonyl (C=O) groups is 1. The maximum atomic E-state index is 11.9. The highest BCUT2D eigenvalue weighted by atomic mass is 28.4. The summed E-state index contributed by atoms with van der Waals surface area (Å²) in [5.41, 5.74) is -0.638. The molecule has 2 aliphatic carbocycles. The fourth-order valence-electron chi connectivity index (χ4n) is 5.11.